The lowest BCUT2D eigenvalue weighted by molar-refractivity contribution is -0.139. The zero-order valence-electron chi connectivity index (χ0n) is 21.5. The molecular formula is C30H35N3O2S. The van der Waals surface area contributed by atoms with E-state index in [1.54, 1.807) is 0 Å². The third-order valence-electron chi connectivity index (χ3n) is 9.33. The smallest absolute Gasteiger partial charge is 0.255 e. The average molecular weight is 502 g/mol. The molecule has 3 fully saturated rings. The van der Waals surface area contributed by atoms with Gasteiger partial charge in [0, 0.05) is 52.9 Å². The molecule has 1 aromatic heterocycles. The van der Waals surface area contributed by atoms with Gasteiger partial charge in [-0.1, -0.05) is 17.7 Å². The molecule has 2 aromatic rings. The Balaban J connectivity index is 1.09. The molecule has 2 saturated carbocycles. The predicted molar refractivity (Wildman–Crippen MR) is 144 cm³/mol. The fraction of sp³-hybridized carbons (Fsp3) is 0.567. The molecule has 2 unspecified atom stereocenters. The number of amides is 2. The number of hydrogen-bond acceptors (Lipinski definition) is 4. The van der Waals surface area contributed by atoms with Crippen LogP contribution in [-0.2, 0) is 9.59 Å². The normalized spacial score (nSPS) is 27.5. The molecule has 7 rings (SSSR count). The monoisotopic (exact) mass is 501 g/mol. The number of amidine groups is 1. The van der Waals surface area contributed by atoms with Crippen molar-refractivity contribution in [2.24, 2.45) is 22.7 Å². The van der Waals surface area contributed by atoms with Crippen LogP contribution >= 0.6 is 11.3 Å². The number of thiophene rings is 1. The van der Waals surface area contributed by atoms with Crippen molar-refractivity contribution in [3.63, 3.8) is 0 Å². The van der Waals surface area contributed by atoms with E-state index in [4.69, 9.17) is 4.99 Å². The van der Waals surface area contributed by atoms with Crippen molar-refractivity contribution in [3.8, 4) is 0 Å². The van der Waals surface area contributed by atoms with Crippen LogP contribution in [0.5, 0.6) is 0 Å². The summed E-state index contributed by atoms with van der Waals surface area (Å²) in [6, 6.07) is 7.00. The van der Waals surface area contributed by atoms with Crippen molar-refractivity contribution in [2.45, 2.75) is 70.8 Å². The first kappa shape index (κ1) is 22.7. The second-order valence-electron chi connectivity index (χ2n) is 12.0. The topological polar surface area (TPSA) is 53.0 Å². The van der Waals surface area contributed by atoms with Crippen LogP contribution < -0.4 is 0 Å². The molecule has 2 aliphatic heterocycles. The van der Waals surface area contributed by atoms with E-state index < -0.39 is 5.54 Å². The van der Waals surface area contributed by atoms with E-state index in [-0.39, 0.29) is 17.7 Å². The van der Waals surface area contributed by atoms with Gasteiger partial charge in [0.2, 0.25) is 5.91 Å². The molecule has 1 spiro atoms. The predicted octanol–water partition coefficient (Wildman–Crippen LogP) is 5.60. The second-order valence-corrected chi connectivity index (χ2v) is 13.2. The fourth-order valence-corrected chi connectivity index (χ4v) is 7.61. The van der Waals surface area contributed by atoms with Crippen LogP contribution in [0.4, 0.5) is 0 Å². The van der Waals surface area contributed by atoms with E-state index >= 15 is 0 Å². The molecule has 2 atom stereocenters. The maximum Gasteiger partial charge on any atom is 0.255 e. The zero-order valence-corrected chi connectivity index (χ0v) is 22.4. The molecule has 0 bridgehead atoms. The van der Waals surface area contributed by atoms with Crippen molar-refractivity contribution < 1.29 is 9.59 Å². The van der Waals surface area contributed by atoms with E-state index in [1.165, 1.54) is 31.7 Å². The minimum absolute atomic E-state index is 0.216. The van der Waals surface area contributed by atoms with Crippen LogP contribution in [0.25, 0.3) is 10.1 Å². The minimum Gasteiger partial charge on any atom is -0.342 e. The maximum atomic E-state index is 13.4. The average Bonchev–Trinajstić information content (AvgIpc) is 3.76. The van der Waals surface area contributed by atoms with Crippen molar-refractivity contribution in [1.29, 1.82) is 0 Å². The Labute approximate surface area is 217 Å². The van der Waals surface area contributed by atoms with Gasteiger partial charge >= 0.3 is 0 Å². The SMILES string of the molecule is CC1=CC(c2ccc3sc(C)c(C)c3c2)CCC1C1=NC2(CC2)C(=O)N1CC1CN(C(=O)C2CC2)C1. The van der Waals surface area contributed by atoms with E-state index in [0.29, 0.717) is 24.3 Å². The minimum atomic E-state index is -0.459. The van der Waals surface area contributed by atoms with Gasteiger partial charge in [-0.25, -0.2) is 0 Å². The number of benzene rings is 1. The van der Waals surface area contributed by atoms with Gasteiger partial charge in [-0.2, -0.15) is 0 Å². The summed E-state index contributed by atoms with van der Waals surface area (Å²) in [5.74, 6) is 2.85. The summed E-state index contributed by atoms with van der Waals surface area (Å²) >= 11 is 1.89. The summed E-state index contributed by atoms with van der Waals surface area (Å²) in [6.07, 6.45) is 8.43. The summed E-state index contributed by atoms with van der Waals surface area (Å²) in [5, 5.41) is 1.39. The summed E-state index contributed by atoms with van der Waals surface area (Å²) in [5.41, 5.74) is 3.69. The lowest BCUT2D eigenvalue weighted by Crippen LogP contribution is -2.56. The quantitative estimate of drug-likeness (QED) is 0.501. The lowest BCUT2D eigenvalue weighted by atomic mass is 9.79. The number of fused-ring (bicyclic) bond motifs is 1. The van der Waals surface area contributed by atoms with E-state index in [1.807, 2.05) is 21.1 Å². The molecule has 3 heterocycles. The molecule has 36 heavy (non-hydrogen) atoms. The first-order valence-electron chi connectivity index (χ1n) is 13.7. The molecule has 1 saturated heterocycles. The number of carbonyl (C=O) groups excluding carboxylic acids is 2. The third-order valence-corrected chi connectivity index (χ3v) is 10.5. The second kappa shape index (κ2) is 8.01. The van der Waals surface area contributed by atoms with Crippen LogP contribution in [0.1, 0.15) is 67.4 Å². The van der Waals surface area contributed by atoms with Crippen LogP contribution in [0.2, 0.25) is 0 Å². The molecule has 5 aliphatic rings. The van der Waals surface area contributed by atoms with Gasteiger partial charge in [-0.05, 0) is 87.9 Å². The van der Waals surface area contributed by atoms with Gasteiger partial charge in [-0.3, -0.25) is 19.5 Å². The summed E-state index contributed by atoms with van der Waals surface area (Å²) in [6.45, 7) is 8.99. The highest BCUT2D eigenvalue weighted by Crippen LogP contribution is 2.48. The number of allylic oxidation sites excluding steroid dienone is 1. The third kappa shape index (κ3) is 3.59. The Morgan fingerprint density at radius 1 is 1.11 bits per heavy atom. The molecule has 5 nitrogen and oxygen atoms in total. The molecule has 1 aromatic carbocycles. The number of likely N-dealkylation sites (tertiary alicyclic amines) is 1. The molecule has 3 aliphatic carbocycles. The Bertz CT molecular complexity index is 1340. The Kier molecular flexibility index (Phi) is 5.05. The highest BCUT2D eigenvalue weighted by atomic mass is 32.1. The Hall–Kier alpha value is -2.47. The van der Waals surface area contributed by atoms with Gasteiger partial charge in [-0.15, -0.1) is 11.3 Å². The summed E-state index contributed by atoms with van der Waals surface area (Å²) < 4.78 is 1.38. The van der Waals surface area contributed by atoms with Crippen molar-refractivity contribution in [2.75, 3.05) is 19.6 Å². The number of nitrogens with zero attached hydrogens (tertiary/aromatic N) is 3. The van der Waals surface area contributed by atoms with E-state index in [9.17, 15) is 9.59 Å². The van der Waals surface area contributed by atoms with Crippen LogP contribution in [0, 0.1) is 31.6 Å². The first-order valence-corrected chi connectivity index (χ1v) is 14.5. The number of aliphatic imine (C=N–C) groups is 1. The first-order chi connectivity index (χ1) is 17.3. The lowest BCUT2D eigenvalue weighted by Gasteiger charge is -2.42. The molecule has 2 amide bonds. The standard InChI is InChI=1S/C30H35N3O2S/c1-17-12-22(23-7-9-26-25(13-23)18(2)19(3)36-26)6-8-24(17)27-31-30(10-11-30)29(35)33(27)16-20-14-32(15-20)28(34)21-4-5-21/h7,9,12-13,20-22,24H,4-6,8,10-11,14-16H2,1-3H3. The van der Waals surface area contributed by atoms with E-state index in [0.717, 1.165) is 57.5 Å². The Morgan fingerprint density at radius 2 is 1.89 bits per heavy atom. The van der Waals surface area contributed by atoms with Crippen LogP contribution in [0.15, 0.2) is 34.8 Å². The zero-order chi connectivity index (χ0) is 24.8. The van der Waals surface area contributed by atoms with Gasteiger partial charge in [0.15, 0.2) is 0 Å². The van der Waals surface area contributed by atoms with Gasteiger partial charge in [0.05, 0.1) is 0 Å². The van der Waals surface area contributed by atoms with E-state index in [2.05, 4.69) is 45.0 Å². The maximum absolute atomic E-state index is 13.4. The van der Waals surface area contributed by atoms with Gasteiger partial charge in [0.1, 0.15) is 11.4 Å². The number of aryl methyl sites for hydroxylation is 2. The number of hydrogen-bond donors (Lipinski definition) is 0. The summed E-state index contributed by atoms with van der Waals surface area (Å²) in [4.78, 5) is 36.3. The summed E-state index contributed by atoms with van der Waals surface area (Å²) in [7, 11) is 0. The highest BCUT2D eigenvalue weighted by Gasteiger charge is 2.58. The molecule has 0 radical (unpaired) electrons. The number of carbonyl (C=O) groups is 2. The molecular weight excluding hydrogens is 466 g/mol. The largest absolute Gasteiger partial charge is 0.342 e. The molecule has 188 valence electrons. The van der Waals surface area contributed by atoms with Gasteiger partial charge < -0.3 is 4.90 Å². The van der Waals surface area contributed by atoms with Crippen LogP contribution in [-0.4, -0.2) is 52.6 Å². The van der Waals surface area contributed by atoms with Gasteiger partial charge in [0.25, 0.3) is 5.91 Å². The fourth-order valence-electron chi connectivity index (χ4n) is 6.56. The van der Waals surface area contributed by atoms with Crippen LogP contribution in [0.3, 0.4) is 0 Å². The highest BCUT2D eigenvalue weighted by molar-refractivity contribution is 7.19. The van der Waals surface area contributed by atoms with Crippen molar-refractivity contribution >= 4 is 39.1 Å². The van der Waals surface area contributed by atoms with Crippen molar-refractivity contribution in [3.05, 3.63) is 45.9 Å². The number of rotatable bonds is 5. The molecule has 6 heteroatoms. The Morgan fingerprint density at radius 3 is 2.58 bits per heavy atom. The van der Waals surface area contributed by atoms with Crippen molar-refractivity contribution in [1.82, 2.24) is 9.80 Å². The molecule has 0 N–H and O–H groups in total.